The second-order valence-electron chi connectivity index (χ2n) is 12.2. The van der Waals surface area contributed by atoms with Gasteiger partial charge in [-0.25, -0.2) is 0 Å². The fraction of sp³-hybridized carbons (Fsp3) is 1.00. The molecule has 0 spiro atoms. The monoisotopic (exact) mass is 386 g/mol. The van der Waals surface area contributed by atoms with Gasteiger partial charge in [-0.2, -0.15) is 0 Å². The van der Waals surface area contributed by atoms with E-state index in [1.807, 2.05) is 0 Å². The summed E-state index contributed by atoms with van der Waals surface area (Å²) in [5.74, 6) is 6.41. The van der Waals surface area contributed by atoms with Crippen molar-refractivity contribution in [2.24, 2.45) is 46.3 Å². The molecule has 4 aliphatic carbocycles. The fourth-order valence-corrected chi connectivity index (χ4v) is 9.58. The molecule has 28 heavy (non-hydrogen) atoms. The van der Waals surface area contributed by atoms with Crippen molar-refractivity contribution >= 4 is 0 Å². The van der Waals surface area contributed by atoms with Crippen LogP contribution in [0.15, 0.2) is 0 Å². The lowest BCUT2D eigenvalue weighted by molar-refractivity contribution is -0.136. The molecular weight excluding hydrogens is 336 g/mol. The van der Waals surface area contributed by atoms with Gasteiger partial charge in [0.1, 0.15) is 0 Å². The van der Waals surface area contributed by atoms with Crippen LogP contribution in [0.4, 0.5) is 0 Å². The third kappa shape index (κ3) is 3.51. The molecule has 0 aromatic rings. The van der Waals surface area contributed by atoms with Crippen LogP contribution in [0.25, 0.3) is 0 Å². The molecule has 4 fully saturated rings. The van der Waals surface area contributed by atoms with Crippen LogP contribution < -0.4 is 0 Å². The summed E-state index contributed by atoms with van der Waals surface area (Å²) in [6, 6.07) is 0. The Bertz CT molecular complexity index is 508. The summed E-state index contributed by atoms with van der Waals surface area (Å²) in [5, 5.41) is 0. The van der Waals surface area contributed by atoms with Crippen LogP contribution >= 0.6 is 0 Å². The highest BCUT2D eigenvalue weighted by Gasteiger charge is 2.60. The highest BCUT2D eigenvalue weighted by Crippen LogP contribution is 2.69. The molecule has 0 nitrogen and oxygen atoms in total. The number of fused-ring (bicyclic) bond motifs is 5. The molecule has 0 aromatic heterocycles. The van der Waals surface area contributed by atoms with E-state index in [1.54, 1.807) is 51.4 Å². The van der Waals surface area contributed by atoms with Crippen molar-refractivity contribution < 1.29 is 0 Å². The van der Waals surface area contributed by atoms with Gasteiger partial charge in [0.25, 0.3) is 0 Å². The summed E-state index contributed by atoms with van der Waals surface area (Å²) in [5.41, 5.74) is 1.39. The maximum absolute atomic E-state index is 2.78. The maximum atomic E-state index is 2.78. The second-order valence-corrected chi connectivity index (χ2v) is 12.2. The minimum absolute atomic E-state index is 0.695. The lowest BCUT2D eigenvalue weighted by atomic mass is 9.42. The molecule has 0 amide bonds. The van der Waals surface area contributed by atoms with E-state index < -0.39 is 0 Å². The van der Waals surface area contributed by atoms with Gasteiger partial charge in [-0.05, 0) is 97.7 Å². The van der Waals surface area contributed by atoms with Crippen LogP contribution in [0, 0.1) is 46.3 Å². The number of hydrogen-bond donors (Lipinski definition) is 0. The van der Waals surface area contributed by atoms with Crippen molar-refractivity contribution in [1.82, 2.24) is 0 Å². The van der Waals surface area contributed by atoms with E-state index in [4.69, 9.17) is 0 Å². The Morgan fingerprint density at radius 1 is 0.679 bits per heavy atom. The zero-order valence-corrected chi connectivity index (χ0v) is 19.8. The van der Waals surface area contributed by atoms with Crippen LogP contribution in [-0.2, 0) is 0 Å². The lowest BCUT2D eigenvalue weighted by Crippen LogP contribution is -2.55. The van der Waals surface area contributed by atoms with Gasteiger partial charge in [-0.15, -0.1) is 0 Å². The van der Waals surface area contributed by atoms with Crippen molar-refractivity contribution in [1.29, 1.82) is 0 Å². The van der Waals surface area contributed by atoms with Gasteiger partial charge in [0.05, 0.1) is 0 Å². The Morgan fingerprint density at radius 2 is 1.46 bits per heavy atom. The number of unbranched alkanes of at least 4 members (excludes halogenated alkanes) is 3. The molecule has 8 unspecified atom stereocenters. The van der Waals surface area contributed by atoms with Gasteiger partial charge < -0.3 is 0 Å². The van der Waals surface area contributed by atoms with Gasteiger partial charge in [-0.3, -0.25) is 0 Å². The van der Waals surface area contributed by atoms with Crippen molar-refractivity contribution in [3.8, 4) is 0 Å². The molecule has 0 aliphatic heterocycles. The zero-order valence-electron chi connectivity index (χ0n) is 19.8. The summed E-state index contributed by atoms with van der Waals surface area (Å²) < 4.78 is 0. The van der Waals surface area contributed by atoms with E-state index >= 15 is 0 Å². The highest BCUT2D eigenvalue weighted by atomic mass is 14.7. The minimum atomic E-state index is 0.695. The number of rotatable bonds is 7. The molecule has 162 valence electrons. The first kappa shape index (κ1) is 21.2. The molecular formula is C28H50. The summed E-state index contributed by atoms with van der Waals surface area (Å²) in [4.78, 5) is 0. The topological polar surface area (TPSA) is 0 Å². The highest BCUT2D eigenvalue weighted by molar-refractivity contribution is 5.10. The molecule has 0 bridgehead atoms. The summed E-state index contributed by atoms with van der Waals surface area (Å²) in [6.07, 6.45) is 24.4. The number of hydrogen-bond acceptors (Lipinski definition) is 0. The van der Waals surface area contributed by atoms with Gasteiger partial charge in [0.15, 0.2) is 0 Å². The molecule has 4 rings (SSSR count). The Kier molecular flexibility index (Phi) is 6.54. The largest absolute Gasteiger partial charge is 0.0654 e. The van der Waals surface area contributed by atoms with Crippen molar-refractivity contribution in [3.63, 3.8) is 0 Å². The molecule has 4 aliphatic rings. The van der Waals surface area contributed by atoms with Crippen molar-refractivity contribution in [2.75, 3.05) is 0 Å². The summed E-state index contributed by atoms with van der Waals surface area (Å²) in [7, 11) is 0. The van der Waals surface area contributed by atoms with E-state index in [0.717, 1.165) is 35.5 Å². The van der Waals surface area contributed by atoms with Crippen LogP contribution in [0.5, 0.6) is 0 Å². The predicted octanol–water partition coefficient (Wildman–Crippen LogP) is 9.03. The van der Waals surface area contributed by atoms with Crippen molar-refractivity contribution in [2.45, 2.75) is 130 Å². The molecule has 0 radical (unpaired) electrons. The average molecular weight is 387 g/mol. The summed E-state index contributed by atoms with van der Waals surface area (Å²) in [6.45, 7) is 10.3. The van der Waals surface area contributed by atoms with Crippen LogP contribution in [-0.4, -0.2) is 0 Å². The van der Waals surface area contributed by atoms with Crippen molar-refractivity contribution in [3.05, 3.63) is 0 Å². The minimum Gasteiger partial charge on any atom is -0.0654 e. The fourth-order valence-electron chi connectivity index (χ4n) is 9.58. The van der Waals surface area contributed by atoms with Crippen LogP contribution in [0.2, 0.25) is 0 Å². The van der Waals surface area contributed by atoms with E-state index in [9.17, 15) is 0 Å². The molecule has 0 aromatic carbocycles. The third-order valence-corrected chi connectivity index (χ3v) is 11.0. The Balaban J connectivity index is 1.56. The van der Waals surface area contributed by atoms with Gasteiger partial charge in [0, 0.05) is 0 Å². The summed E-state index contributed by atoms with van der Waals surface area (Å²) >= 11 is 0. The van der Waals surface area contributed by atoms with Gasteiger partial charge in [0.2, 0.25) is 0 Å². The smallest absolute Gasteiger partial charge is 0.0264 e. The standard InChI is InChI=1S/C28H50/c1-5-7-9-12-21-20-23-25-16-15-22(13-8-6-2)27(25,3)19-17-26(23)28(4)18-11-10-14-24(21)28/h21-26H,5-20H2,1-4H3. The van der Waals surface area contributed by atoms with Crippen LogP contribution in [0.3, 0.4) is 0 Å². The zero-order chi connectivity index (χ0) is 19.8. The first-order valence-corrected chi connectivity index (χ1v) is 13.5. The van der Waals surface area contributed by atoms with E-state index in [0.29, 0.717) is 10.8 Å². The quantitative estimate of drug-likeness (QED) is 0.383. The normalized spacial score (nSPS) is 48.0. The average Bonchev–Trinajstić information content (AvgIpc) is 3.02. The molecule has 0 heteroatoms. The Labute approximate surface area is 177 Å². The first-order chi connectivity index (χ1) is 13.5. The molecule has 8 atom stereocenters. The SMILES string of the molecule is CCCCCC1CC2C3CCC(CCCC)C3(C)CCC2C2(C)CCCCC12. The van der Waals surface area contributed by atoms with Gasteiger partial charge >= 0.3 is 0 Å². The van der Waals surface area contributed by atoms with Gasteiger partial charge in [-0.1, -0.05) is 79.1 Å². The maximum Gasteiger partial charge on any atom is -0.0264 e. The molecule has 4 saturated carbocycles. The van der Waals surface area contributed by atoms with E-state index in [-0.39, 0.29) is 0 Å². The second kappa shape index (κ2) is 8.63. The molecule has 0 saturated heterocycles. The van der Waals surface area contributed by atoms with E-state index in [1.165, 1.54) is 51.4 Å². The Hall–Kier alpha value is 0. The van der Waals surface area contributed by atoms with E-state index in [2.05, 4.69) is 27.7 Å². The van der Waals surface area contributed by atoms with Crippen LogP contribution in [0.1, 0.15) is 130 Å². The molecule has 0 heterocycles. The lowest BCUT2D eigenvalue weighted by Gasteiger charge is -2.63. The molecule has 0 N–H and O–H groups in total. The predicted molar refractivity (Wildman–Crippen MR) is 122 cm³/mol. The third-order valence-electron chi connectivity index (χ3n) is 11.0. The first-order valence-electron chi connectivity index (χ1n) is 13.5. The Morgan fingerprint density at radius 3 is 2.25 bits per heavy atom.